The van der Waals surface area contributed by atoms with Gasteiger partial charge in [-0.05, 0) is 31.6 Å². The highest BCUT2D eigenvalue weighted by atomic mass is 16.4. The van der Waals surface area contributed by atoms with E-state index in [1.165, 1.54) is 0 Å². The number of carboxylic acid groups (broad SMARTS) is 1. The average Bonchev–Trinajstić information content (AvgIpc) is 3.05. The minimum absolute atomic E-state index is 0.0235. The van der Waals surface area contributed by atoms with Crippen molar-refractivity contribution in [2.45, 2.75) is 33.6 Å². The molecule has 1 N–H and O–H groups in total. The molecule has 0 aromatic carbocycles. The molecule has 2 fully saturated rings. The molecule has 96 valence electrons. The summed E-state index contributed by atoms with van der Waals surface area (Å²) >= 11 is 0. The van der Waals surface area contributed by atoms with Crippen molar-refractivity contribution in [3.63, 3.8) is 0 Å². The van der Waals surface area contributed by atoms with Gasteiger partial charge in [0.15, 0.2) is 0 Å². The van der Waals surface area contributed by atoms with Crippen LogP contribution < -0.4 is 0 Å². The highest BCUT2D eigenvalue weighted by molar-refractivity contribution is 5.82. The first-order chi connectivity index (χ1) is 7.86. The summed E-state index contributed by atoms with van der Waals surface area (Å²) in [5, 5.41) is 9.26. The molecule has 0 aromatic rings. The Hall–Kier alpha value is -1.06. The molecule has 2 aliphatic rings. The minimum atomic E-state index is -0.792. The van der Waals surface area contributed by atoms with Gasteiger partial charge >= 0.3 is 5.97 Å². The van der Waals surface area contributed by atoms with Gasteiger partial charge < -0.3 is 10.0 Å². The molecule has 0 aromatic heterocycles. The number of hydrogen-bond donors (Lipinski definition) is 1. The van der Waals surface area contributed by atoms with Crippen LogP contribution in [0.2, 0.25) is 0 Å². The van der Waals surface area contributed by atoms with E-state index in [0.29, 0.717) is 19.0 Å². The summed E-state index contributed by atoms with van der Waals surface area (Å²) in [4.78, 5) is 25.2. The number of carbonyl (C=O) groups is 2. The third kappa shape index (κ3) is 2.05. The van der Waals surface area contributed by atoms with Gasteiger partial charge in [0, 0.05) is 19.0 Å². The quantitative estimate of drug-likeness (QED) is 0.814. The van der Waals surface area contributed by atoms with Gasteiger partial charge in [0.1, 0.15) is 0 Å². The Kier molecular flexibility index (Phi) is 2.92. The van der Waals surface area contributed by atoms with E-state index in [2.05, 4.69) is 0 Å². The Labute approximate surface area is 102 Å². The minimum Gasteiger partial charge on any atom is -0.481 e. The summed E-state index contributed by atoms with van der Waals surface area (Å²) in [6, 6.07) is 0. The second kappa shape index (κ2) is 4.00. The lowest BCUT2D eigenvalue weighted by Gasteiger charge is -2.23. The first-order valence-corrected chi connectivity index (χ1v) is 6.38. The molecule has 4 heteroatoms. The van der Waals surface area contributed by atoms with Crippen LogP contribution >= 0.6 is 0 Å². The highest BCUT2D eigenvalue weighted by Crippen LogP contribution is 2.40. The SMILES string of the molecule is CC(C(=O)N1C[C@H](C)[C@@](C)(C(=O)O)C1)C1CC1. The Morgan fingerprint density at radius 2 is 2.00 bits per heavy atom. The summed E-state index contributed by atoms with van der Waals surface area (Å²) in [6.45, 7) is 6.58. The van der Waals surface area contributed by atoms with Crippen LogP contribution in [-0.4, -0.2) is 35.0 Å². The van der Waals surface area contributed by atoms with Gasteiger partial charge in [-0.3, -0.25) is 9.59 Å². The lowest BCUT2D eigenvalue weighted by atomic mass is 9.81. The number of carbonyl (C=O) groups excluding carboxylic acids is 1. The summed E-state index contributed by atoms with van der Waals surface area (Å²) in [5.41, 5.74) is -0.779. The lowest BCUT2D eigenvalue weighted by Crippen LogP contribution is -2.38. The molecule has 17 heavy (non-hydrogen) atoms. The molecule has 1 saturated heterocycles. The second-order valence-electron chi connectivity index (χ2n) is 5.97. The molecule has 1 amide bonds. The monoisotopic (exact) mass is 239 g/mol. The van der Waals surface area contributed by atoms with Crippen molar-refractivity contribution in [2.24, 2.45) is 23.2 Å². The summed E-state index contributed by atoms with van der Waals surface area (Å²) in [5.74, 6) is -0.0214. The fourth-order valence-corrected chi connectivity index (χ4v) is 2.68. The number of hydrogen-bond acceptors (Lipinski definition) is 2. The molecule has 3 atom stereocenters. The molecule has 1 saturated carbocycles. The van der Waals surface area contributed by atoms with Gasteiger partial charge in [0.2, 0.25) is 5.91 Å². The van der Waals surface area contributed by atoms with Gasteiger partial charge in [-0.1, -0.05) is 13.8 Å². The van der Waals surface area contributed by atoms with E-state index >= 15 is 0 Å². The zero-order valence-electron chi connectivity index (χ0n) is 10.8. The fourth-order valence-electron chi connectivity index (χ4n) is 2.68. The zero-order chi connectivity index (χ0) is 12.8. The van der Waals surface area contributed by atoms with Gasteiger partial charge in [-0.2, -0.15) is 0 Å². The van der Waals surface area contributed by atoms with Gasteiger partial charge in [0.05, 0.1) is 5.41 Å². The van der Waals surface area contributed by atoms with Crippen LogP contribution in [-0.2, 0) is 9.59 Å². The maximum atomic E-state index is 12.2. The predicted molar refractivity (Wildman–Crippen MR) is 63.4 cm³/mol. The number of rotatable bonds is 3. The smallest absolute Gasteiger partial charge is 0.311 e. The van der Waals surface area contributed by atoms with Crippen molar-refractivity contribution in [1.82, 2.24) is 4.90 Å². The van der Waals surface area contributed by atoms with Crippen molar-refractivity contribution < 1.29 is 14.7 Å². The van der Waals surface area contributed by atoms with Crippen LogP contribution in [0, 0.1) is 23.2 Å². The first kappa shape index (κ1) is 12.4. The van der Waals surface area contributed by atoms with Crippen molar-refractivity contribution in [2.75, 3.05) is 13.1 Å². The Morgan fingerprint density at radius 1 is 1.41 bits per heavy atom. The third-order valence-corrected chi connectivity index (χ3v) is 4.62. The molecule has 4 nitrogen and oxygen atoms in total. The molecule has 0 spiro atoms. The van der Waals surface area contributed by atoms with Crippen LogP contribution in [0.1, 0.15) is 33.6 Å². The maximum absolute atomic E-state index is 12.2. The normalized spacial score (nSPS) is 34.8. The number of amides is 1. The molecule has 1 aliphatic carbocycles. The maximum Gasteiger partial charge on any atom is 0.311 e. The molecule has 1 unspecified atom stereocenters. The fraction of sp³-hybridized carbons (Fsp3) is 0.846. The van der Waals surface area contributed by atoms with Crippen molar-refractivity contribution in [3.8, 4) is 0 Å². The predicted octanol–water partition coefficient (Wildman–Crippen LogP) is 1.60. The van der Waals surface area contributed by atoms with Crippen LogP contribution in [0.5, 0.6) is 0 Å². The van der Waals surface area contributed by atoms with Crippen molar-refractivity contribution >= 4 is 11.9 Å². The topological polar surface area (TPSA) is 57.6 Å². The average molecular weight is 239 g/mol. The van der Waals surface area contributed by atoms with Gasteiger partial charge in [-0.25, -0.2) is 0 Å². The van der Waals surface area contributed by atoms with Crippen LogP contribution in [0.3, 0.4) is 0 Å². The summed E-state index contributed by atoms with van der Waals surface area (Å²) < 4.78 is 0. The van der Waals surface area contributed by atoms with E-state index in [1.54, 1.807) is 11.8 Å². The Balaban J connectivity index is 2.05. The molecular weight excluding hydrogens is 218 g/mol. The van der Waals surface area contributed by atoms with Crippen LogP contribution in [0.25, 0.3) is 0 Å². The second-order valence-corrected chi connectivity index (χ2v) is 5.97. The summed E-state index contributed by atoms with van der Waals surface area (Å²) in [7, 11) is 0. The molecule has 0 radical (unpaired) electrons. The number of likely N-dealkylation sites (tertiary alicyclic amines) is 1. The standard InChI is InChI=1S/C13H21NO3/c1-8-6-14(7-13(8,3)12(16)17)11(15)9(2)10-4-5-10/h8-10H,4-7H2,1-3H3,(H,16,17)/t8-,9?,13-/m0/s1. The summed E-state index contributed by atoms with van der Waals surface area (Å²) in [6.07, 6.45) is 2.29. The van der Waals surface area contributed by atoms with Gasteiger partial charge in [0.25, 0.3) is 0 Å². The largest absolute Gasteiger partial charge is 0.481 e. The van der Waals surface area contributed by atoms with Crippen LogP contribution in [0.4, 0.5) is 0 Å². The van der Waals surface area contributed by atoms with E-state index in [-0.39, 0.29) is 17.7 Å². The highest BCUT2D eigenvalue weighted by Gasteiger charge is 2.49. The molecule has 1 aliphatic heterocycles. The molecule has 0 bridgehead atoms. The number of carboxylic acids is 1. The van der Waals surface area contributed by atoms with E-state index in [0.717, 1.165) is 12.8 Å². The van der Waals surface area contributed by atoms with Crippen LogP contribution in [0.15, 0.2) is 0 Å². The van der Waals surface area contributed by atoms with Crippen molar-refractivity contribution in [3.05, 3.63) is 0 Å². The zero-order valence-corrected chi connectivity index (χ0v) is 10.8. The van der Waals surface area contributed by atoms with Crippen molar-refractivity contribution in [1.29, 1.82) is 0 Å². The lowest BCUT2D eigenvalue weighted by molar-refractivity contribution is -0.149. The molecule has 2 rings (SSSR count). The Bertz CT molecular complexity index is 351. The Morgan fingerprint density at radius 3 is 2.41 bits per heavy atom. The number of aliphatic carboxylic acids is 1. The van der Waals surface area contributed by atoms with E-state index in [4.69, 9.17) is 0 Å². The van der Waals surface area contributed by atoms with Gasteiger partial charge in [-0.15, -0.1) is 0 Å². The molecular formula is C13H21NO3. The van der Waals surface area contributed by atoms with E-state index < -0.39 is 11.4 Å². The number of nitrogens with zero attached hydrogens (tertiary/aromatic N) is 1. The molecule has 1 heterocycles. The van der Waals surface area contributed by atoms with E-state index in [9.17, 15) is 14.7 Å². The third-order valence-electron chi connectivity index (χ3n) is 4.62. The first-order valence-electron chi connectivity index (χ1n) is 6.38. The van der Waals surface area contributed by atoms with E-state index in [1.807, 2.05) is 13.8 Å².